The second-order valence-corrected chi connectivity index (χ2v) is 6.94. The van der Waals surface area contributed by atoms with Crippen LogP contribution in [0.3, 0.4) is 0 Å². The molecule has 0 saturated carbocycles. The molecule has 1 aliphatic heterocycles. The van der Waals surface area contributed by atoms with Crippen molar-refractivity contribution in [3.05, 3.63) is 17.7 Å². The standard InChI is InChI=1S/C11H13NO6S2/c1-6-11(2,3)9-7(19-18-17-13)4-5-8(10(9)12-6)20(14,15)16/h4-5,13H,1-3H3,(H,14,15,16). The Morgan fingerprint density at radius 1 is 1.35 bits per heavy atom. The van der Waals surface area contributed by atoms with E-state index in [1.807, 2.05) is 13.8 Å². The van der Waals surface area contributed by atoms with Crippen molar-refractivity contribution < 1.29 is 27.6 Å². The van der Waals surface area contributed by atoms with E-state index in [0.29, 0.717) is 16.2 Å². The lowest BCUT2D eigenvalue weighted by molar-refractivity contribution is -0.432. The highest BCUT2D eigenvalue weighted by Crippen LogP contribution is 2.48. The first-order valence-corrected chi connectivity index (χ1v) is 7.73. The number of aliphatic imine (C=N–C) groups is 1. The molecular formula is C11H13NO6S2. The molecule has 0 amide bonds. The van der Waals surface area contributed by atoms with Crippen molar-refractivity contribution in [2.45, 2.75) is 36.0 Å². The summed E-state index contributed by atoms with van der Waals surface area (Å²) in [6.45, 7) is 5.51. The Hall–Kier alpha value is -0.970. The maximum Gasteiger partial charge on any atom is 0.296 e. The lowest BCUT2D eigenvalue weighted by Gasteiger charge is -2.22. The minimum atomic E-state index is -4.38. The molecule has 1 aromatic carbocycles. The fourth-order valence-corrected chi connectivity index (χ4v) is 3.38. The summed E-state index contributed by atoms with van der Waals surface area (Å²) in [4.78, 5) is 4.52. The predicted molar refractivity (Wildman–Crippen MR) is 72.7 cm³/mol. The molecule has 20 heavy (non-hydrogen) atoms. The lowest BCUT2D eigenvalue weighted by atomic mass is 9.82. The number of nitrogens with zero attached hydrogens (tertiary/aromatic N) is 1. The molecule has 9 heteroatoms. The maximum absolute atomic E-state index is 11.4. The van der Waals surface area contributed by atoms with Crippen LogP contribution in [-0.2, 0) is 24.9 Å². The van der Waals surface area contributed by atoms with Crippen LogP contribution in [0.2, 0.25) is 0 Å². The molecule has 7 nitrogen and oxygen atoms in total. The smallest absolute Gasteiger partial charge is 0.282 e. The van der Waals surface area contributed by atoms with Crippen molar-refractivity contribution in [3.63, 3.8) is 0 Å². The van der Waals surface area contributed by atoms with E-state index < -0.39 is 15.5 Å². The Morgan fingerprint density at radius 3 is 2.55 bits per heavy atom. The first-order chi connectivity index (χ1) is 9.19. The molecule has 0 aliphatic carbocycles. The number of fused-ring (bicyclic) bond motifs is 1. The van der Waals surface area contributed by atoms with Gasteiger partial charge >= 0.3 is 0 Å². The molecule has 1 aromatic rings. The summed E-state index contributed by atoms with van der Waals surface area (Å²) in [7, 11) is -4.38. The van der Waals surface area contributed by atoms with Crippen molar-refractivity contribution in [1.82, 2.24) is 0 Å². The van der Waals surface area contributed by atoms with Crippen LogP contribution in [-0.4, -0.2) is 23.9 Å². The van der Waals surface area contributed by atoms with Crippen LogP contribution >= 0.6 is 12.0 Å². The van der Waals surface area contributed by atoms with Gasteiger partial charge in [-0.1, -0.05) is 18.9 Å². The van der Waals surface area contributed by atoms with Gasteiger partial charge in [0.1, 0.15) is 4.90 Å². The van der Waals surface area contributed by atoms with Crippen LogP contribution < -0.4 is 0 Å². The molecule has 0 unspecified atom stereocenters. The van der Waals surface area contributed by atoms with Gasteiger partial charge in [0, 0.05) is 21.6 Å². The molecule has 1 aliphatic rings. The van der Waals surface area contributed by atoms with Gasteiger partial charge in [0.15, 0.2) is 0 Å². The topological polar surface area (TPSA) is 105 Å². The van der Waals surface area contributed by atoms with Gasteiger partial charge in [-0.25, -0.2) is 5.26 Å². The van der Waals surface area contributed by atoms with Crippen molar-refractivity contribution in [2.24, 2.45) is 4.99 Å². The van der Waals surface area contributed by atoms with Gasteiger partial charge < -0.3 is 0 Å². The van der Waals surface area contributed by atoms with E-state index in [1.165, 1.54) is 12.1 Å². The van der Waals surface area contributed by atoms with Crippen molar-refractivity contribution in [3.8, 4) is 0 Å². The second-order valence-electron chi connectivity index (χ2n) is 4.81. The van der Waals surface area contributed by atoms with Crippen molar-refractivity contribution in [1.29, 1.82) is 0 Å². The minimum Gasteiger partial charge on any atom is -0.282 e. The van der Waals surface area contributed by atoms with Crippen LogP contribution in [0.15, 0.2) is 26.9 Å². The molecule has 0 saturated heterocycles. The number of hydrogen-bond acceptors (Lipinski definition) is 7. The molecule has 1 heterocycles. The van der Waals surface area contributed by atoms with Crippen LogP contribution in [0, 0.1) is 0 Å². The van der Waals surface area contributed by atoms with Gasteiger partial charge in [0.05, 0.1) is 17.7 Å². The Balaban J connectivity index is 2.70. The van der Waals surface area contributed by atoms with Crippen LogP contribution in [0.1, 0.15) is 26.3 Å². The SMILES string of the molecule is CC1=Nc2c(S(=O)(=O)O)ccc(SOOO)c2C1(C)C. The van der Waals surface area contributed by atoms with Gasteiger partial charge in [-0.3, -0.25) is 9.55 Å². The summed E-state index contributed by atoms with van der Waals surface area (Å²) in [6, 6.07) is 2.69. The highest BCUT2D eigenvalue weighted by atomic mass is 32.2. The number of rotatable bonds is 4. The van der Waals surface area contributed by atoms with Crippen LogP contribution in [0.5, 0.6) is 0 Å². The molecule has 110 valence electrons. The largest absolute Gasteiger partial charge is 0.296 e. The van der Waals surface area contributed by atoms with Gasteiger partial charge in [-0.05, 0) is 19.1 Å². The van der Waals surface area contributed by atoms with Crippen LogP contribution in [0.25, 0.3) is 0 Å². The van der Waals surface area contributed by atoms with Crippen molar-refractivity contribution in [2.75, 3.05) is 0 Å². The highest BCUT2D eigenvalue weighted by Gasteiger charge is 2.38. The molecule has 0 atom stereocenters. The zero-order valence-electron chi connectivity index (χ0n) is 10.9. The monoisotopic (exact) mass is 319 g/mol. The summed E-state index contributed by atoms with van der Waals surface area (Å²) in [5.41, 5.74) is 0.945. The lowest BCUT2D eigenvalue weighted by Crippen LogP contribution is -2.23. The quantitative estimate of drug-likeness (QED) is 0.380. The molecular weight excluding hydrogens is 306 g/mol. The van der Waals surface area contributed by atoms with E-state index >= 15 is 0 Å². The Morgan fingerprint density at radius 2 is 2.00 bits per heavy atom. The average molecular weight is 319 g/mol. The van der Waals surface area contributed by atoms with Gasteiger partial charge in [0.25, 0.3) is 10.1 Å². The molecule has 0 spiro atoms. The fraction of sp³-hybridized carbons (Fsp3) is 0.364. The first kappa shape index (κ1) is 15.4. The van der Waals surface area contributed by atoms with Crippen molar-refractivity contribution >= 4 is 33.6 Å². The third-order valence-electron chi connectivity index (χ3n) is 3.34. The highest BCUT2D eigenvalue weighted by molar-refractivity contribution is 7.94. The fourth-order valence-electron chi connectivity index (χ4n) is 2.09. The van der Waals surface area contributed by atoms with E-state index in [9.17, 15) is 13.0 Å². The summed E-state index contributed by atoms with van der Waals surface area (Å²) >= 11 is 0.727. The van der Waals surface area contributed by atoms with Gasteiger partial charge in [-0.2, -0.15) is 8.42 Å². The zero-order valence-corrected chi connectivity index (χ0v) is 12.6. The van der Waals surface area contributed by atoms with E-state index in [1.54, 1.807) is 6.92 Å². The molecule has 2 N–H and O–H groups in total. The Kier molecular flexibility index (Phi) is 3.93. The maximum atomic E-state index is 11.4. The summed E-state index contributed by atoms with van der Waals surface area (Å²) in [5, 5.41) is 11.8. The van der Waals surface area contributed by atoms with E-state index in [4.69, 9.17) is 5.26 Å². The predicted octanol–water partition coefficient (Wildman–Crippen LogP) is 2.75. The van der Waals surface area contributed by atoms with E-state index in [-0.39, 0.29) is 10.6 Å². The van der Waals surface area contributed by atoms with E-state index in [0.717, 1.165) is 12.0 Å². The summed E-state index contributed by atoms with van der Waals surface area (Å²) < 4.78 is 36.5. The molecule has 0 fully saturated rings. The molecule has 0 bridgehead atoms. The first-order valence-electron chi connectivity index (χ1n) is 5.55. The summed E-state index contributed by atoms with van der Waals surface area (Å²) in [6.07, 6.45) is 0. The second kappa shape index (κ2) is 5.10. The average Bonchev–Trinajstić information content (AvgIpc) is 2.56. The van der Waals surface area contributed by atoms with Crippen LogP contribution in [0.4, 0.5) is 5.69 Å². The summed E-state index contributed by atoms with van der Waals surface area (Å²) in [5.74, 6) is 0. The molecule has 0 radical (unpaired) electrons. The molecule has 0 aromatic heterocycles. The normalized spacial score (nSPS) is 16.9. The third-order valence-corrected chi connectivity index (χ3v) is 4.88. The van der Waals surface area contributed by atoms with Gasteiger partial charge in [-0.15, -0.1) is 4.33 Å². The Labute approximate surface area is 120 Å². The third kappa shape index (κ3) is 2.48. The number of hydrogen-bond donors (Lipinski definition) is 2. The van der Waals surface area contributed by atoms with Gasteiger partial charge in [0.2, 0.25) is 0 Å². The zero-order chi connectivity index (χ0) is 15.1. The Bertz CT molecular complexity index is 680. The minimum absolute atomic E-state index is 0.182. The number of benzene rings is 1. The van der Waals surface area contributed by atoms with E-state index in [2.05, 4.69) is 14.4 Å². The molecule has 2 rings (SSSR count).